The lowest BCUT2D eigenvalue weighted by Gasteiger charge is -2.27. The van der Waals surface area contributed by atoms with E-state index in [4.69, 9.17) is 29.7 Å². The van der Waals surface area contributed by atoms with E-state index >= 15 is 0 Å². The topological polar surface area (TPSA) is 89.1 Å². The van der Waals surface area contributed by atoms with Crippen molar-refractivity contribution >= 4 is 23.4 Å². The molecule has 12 heteroatoms. The van der Waals surface area contributed by atoms with Crippen molar-refractivity contribution in [3.05, 3.63) is 0 Å². The fraction of sp³-hybridized carbons (Fsp3) is 1.00. The lowest BCUT2D eigenvalue weighted by Crippen LogP contribution is -2.48. The highest BCUT2D eigenvalue weighted by Crippen LogP contribution is 2.42. The number of halogens is 2. The molecule has 2 aliphatic rings. The van der Waals surface area contributed by atoms with E-state index in [2.05, 4.69) is 10.4 Å². The SMILES string of the molecule is [B][C@@H]1O[C@H](COP(=O)(O)NC2[C@@H](CC(C)C)O[C@@H]([B])[C@H]2F)C(NC(C)C)[C@@H]1F. The van der Waals surface area contributed by atoms with E-state index in [0.29, 0.717) is 6.42 Å². The minimum absolute atomic E-state index is 0.0556. The van der Waals surface area contributed by atoms with Crippen LogP contribution in [-0.4, -0.2) is 81.9 Å². The molecule has 0 bridgehead atoms. The number of hydrogen-bond acceptors (Lipinski definition) is 5. The van der Waals surface area contributed by atoms with Crippen LogP contribution in [0.5, 0.6) is 0 Å². The summed E-state index contributed by atoms with van der Waals surface area (Å²) in [5.41, 5.74) is 0. The molecule has 7 nitrogen and oxygen atoms in total. The third-order valence-electron chi connectivity index (χ3n) is 4.73. The summed E-state index contributed by atoms with van der Waals surface area (Å²) in [5.74, 6) is 0.170. The van der Waals surface area contributed by atoms with Crippen molar-refractivity contribution in [3.63, 3.8) is 0 Å². The first-order valence-corrected chi connectivity index (χ1v) is 11.1. The highest BCUT2D eigenvalue weighted by Gasteiger charge is 2.47. The van der Waals surface area contributed by atoms with Crippen LogP contribution in [0, 0.1) is 5.92 Å². The van der Waals surface area contributed by atoms with Crippen LogP contribution in [0.1, 0.15) is 34.1 Å². The molecule has 0 aromatic rings. The largest absolute Gasteiger partial charge is 0.403 e. The summed E-state index contributed by atoms with van der Waals surface area (Å²) in [4.78, 5) is 10.1. The normalized spacial score (nSPS) is 41.0. The average molecular weight is 420 g/mol. The molecule has 0 saturated carbocycles. The van der Waals surface area contributed by atoms with Gasteiger partial charge in [0.15, 0.2) is 0 Å². The van der Waals surface area contributed by atoms with E-state index in [9.17, 15) is 18.2 Å². The first kappa shape index (κ1) is 24.3. The lowest BCUT2D eigenvalue weighted by atomic mass is 9.92. The summed E-state index contributed by atoms with van der Waals surface area (Å²) in [6.45, 7) is 7.09. The molecule has 9 atom stereocenters. The molecule has 2 fully saturated rings. The number of rotatable bonds is 9. The second-order valence-electron chi connectivity index (χ2n) is 8.11. The van der Waals surface area contributed by atoms with Crippen LogP contribution in [0.25, 0.3) is 0 Å². The van der Waals surface area contributed by atoms with Crippen molar-refractivity contribution in [1.29, 1.82) is 0 Å². The van der Waals surface area contributed by atoms with Crippen molar-refractivity contribution in [2.24, 2.45) is 5.92 Å². The zero-order valence-electron chi connectivity index (χ0n) is 16.6. The first-order valence-electron chi connectivity index (χ1n) is 9.52. The fourth-order valence-corrected chi connectivity index (χ4v) is 4.60. The minimum Gasteiger partial charge on any atom is -0.380 e. The van der Waals surface area contributed by atoms with Crippen molar-refractivity contribution < 1.29 is 32.2 Å². The molecule has 3 unspecified atom stereocenters. The lowest BCUT2D eigenvalue weighted by molar-refractivity contribution is 0.0323. The van der Waals surface area contributed by atoms with E-state index < -0.39 is 63.0 Å². The van der Waals surface area contributed by atoms with Gasteiger partial charge in [-0.25, -0.2) is 18.4 Å². The Bertz CT molecular complexity index is 563. The molecule has 2 heterocycles. The second-order valence-corrected chi connectivity index (χ2v) is 9.67. The van der Waals surface area contributed by atoms with Gasteiger partial charge < -0.3 is 19.7 Å². The summed E-state index contributed by atoms with van der Waals surface area (Å²) >= 11 is 0. The molecule has 0 amide bonds. The Kier molecular flexibility index (Phi) is 8.54. The summed E-state index contributed by atoms with van der Waals surface area (Å²) in [7, 11) is 6.74. The molecule has 2 aliphatic heterocycles. The zero-order valence-corrected chi connectivity index (χ0v) is 17.5. The molecule has 0 spiro atoms. The van der Waals surface area contributed by atoms with Gasteiger partial charge in [0, 0.05) is 18.0 Å². The van der Waals surface area contributed by atoms with E-state index in [1.807, 2.05) is 27.7 Å². The predicted molar refractivity (Wildman–Crippen MR) is 103 cm³/mol. The van der Waals surface area contributed by atoms with Crippen molar-refractivity contribution in [1.82, 2.24) is 10.4 Å². The van der Waals surface area contributed by atoms with E-state index in [-0.39, 0.29) is 12.0 Å². The maximum absolute atomic E-state index is 14.4. The third-order valence-corrected chi connectivity index (χ3v) is 5.86. The Morgan fingerprint density at radius 3 is 2.14 bits per heavy atom. The van der Waals surface area contributed by atoms with Gasteiger partial charge in [0.25, 0.3) is 0 Å². The number of hydrogen-bond donors (Lipinski definition) is 3. The number of alkyl halides is 2. The van der Waals surface area contributed by atoms with E-state index in [0.717, 1.165) is 0 Å². The Hall–Kier alpha value is -0.0201. The fourth-order valence-electron chi connectivity index (χ4n) is 3.49. The molecule has 0 aromatic carbocycles. The summed E-state index contributed by atoms with van der Waals surface area (Å²) in [5, 5.41) is 5.28. The molecule has 2 saturated heterocycles. The van der Waals surface area contributed by atoms with Crippen LogP contribution in [0.3, 0.4) is 0 Å². The van der Waals surface area contributed by atoms with Gasteiger partial charge in [-0.3, -0.25) is 4.52 Å². The van der Waals surface area contributed by atoms with Gasteiger partial charge in [0.2, 0.25) is 0 Å². The zero-order chi connectivity index (χ0) is 21.2. The Labute approximate surface area is 168 Å². The van der Waals surface area contributed by atoms with Gasteiger partial charge in [-0.15, -0.1) is 0 Å². The van der Waals surface area contributed by atoms with Crippen molar-refractivity contribution in [2.45, 2.75) is 88.8 Å². The summed E-state index contributed by atoms with van der Waals surface area (Å²) < 4.78 is 56.8. The Morgan fingerprint density at radius 2 is 1.61 bits per heavy atom. The van der Waals surface area contributed by atoms with E-state index in [1.54, 1.807) is 0 Å². The maximum atomic E-state index is 14.4. The smallest absolute Gasteiger partial charge is 0.380 e. The molecule has 3 N–H and O–H groups in total. The highest BCUT2D eigenvalue weighted by molar-refractivity contribution is 7.50. The molecular weight excluding hydrogens is 391 g/mol. The van der Waals surface area contributed by atoms with Crippen LogP contribution in [0.4, 0.5) is 8.78 Å². The monoisotopic (exact) mass is 420 g/mol. The van der Waals surface area contributed by atoms with Crippen LogP contribution in [0.2, 0.25) is 0 Å². The van der Waals surface area contributed by atoms with Gasteiger partial charge in [-0.05, 0) is 12.3 Å². The Morgan fingerprint density at radius 1 is 1.07 bits per heavy atom. The van der Waals surface area contributed by atoms with Crippen LogP contribution in [0.15, 0.2) is 0 Å². The molecule has 2 rings (SSSR count). The minimum atomic E-state index is -4.44. The molecule has 158 valence electrons. The highest BCUT2D eigenvalue weighted by atomic mass is 31.2. The van der Waals surface area contributed by atoms with Gasteiger partial charge in [0.1, 0.15) is 28.0 Å². The molecule has 28 heavy (non-hydrogen) atoms. The Balaban J connectivity index is 1.98. The first-order chi connectivity index (χ1) is 12.9. The van der Waals surface area contributed by atoms with Crippen molar-refractivity contribution in [2.75, 3.05) is 6.61 Å². The van der Waals surface area contributed by atoms with E-state index in [1.165, 1.54) is 0 Å². The third kappa shape index (κ3) is 6.24. The van der Waals surface area contributed by atoms with Gasteiger partial charge in [0.05, 0.1) is 30.9 Å². The van der Waals surface area contributed by atoms with Gasteiger partial charge >= 0.3 is 7.75 Å². The maximum Gasteiger partial charge on any atom is 0.403 e. The van der Waals surface area contributed by atoms with Gasteiger partial charge in [-0.2, -0.15) is 0 Å². The summed E-state index contributed by atoms with van der Waals surface area (Å²) in [6.07, 6.45) is -4.25. The quantitative estimate of drug-likeness (QED) is 0.378. The van der Waals surface area contributed by atoms with Crippen molar-refractivity contribution in [3.8, 4) is 0 Å². The summed E-state index contributed by atoms with van der Waals surface area (Å²) in [6, 6.07) is -4.30. The molecule has 4 radical (unpaired) electrons. The van der Waals surface area contributed by atoms with Gasteiger partial charge in [-0.1, -0.05) is 27.7 Å². The van der Waals surface area contributed by atoms with Crippen LogP contribution >= 0.6 is 7.75 Å². The number of ether oxygens (including phenoxy) is 2. The molecule has 0 aromatic heterocycles. The molecule has 0 aliphatic carbocycles. The number of nitrogens with one attached hydrogen (secondary N) is 2. The standard InChI is InChI=1S/C16H29B2F2N2O5P/c1-7(2)5-9-14(12(20)16(18)26-9)22-28(23,24)25-6-10-13(21-8(3)4)11(19)15(17)27-10/h7-16,21H,5-6H2,1-4H3,(H2,22,23,24)/t9-,10-,11+,12+,13?,14?,15-,16-/m1/s1. The van der Waals surface area contributed by atoms with Crippen LogP contribution in [-0.2, 0) is 18.6 Å². The second kappa shape index (κ2) is 9.86. The average Bonchev–Trinajstić information content (AvgIpc) is 2.97. The predicted octanol–water partition coefficient (Wildman–Crippen LogP) is 0.937. The molecular formula is C16H29B2F2N2O5P. The van der Waals surface area contributed by atoms with Crippen LogP contribution < -0.4 is 10.4 Å².